The van der Waals surface area contributed by atoms with Gasteiger partial charge in [0, 0.05) is 28.6 Å². The van der Waals surface area contributed by atoms with Crippen molar-refractivity contribution in [1.29, 1.82) is 0 Å². The van der Waals surface area contributed by atoms with Gasteiger partial charge in [-0.3, -0.25) is 9.78 Å². The van der Waals surface area contributed by atoms with Gasteiger partial charge in [-0.05, 0) is 28.9 Å². The summed E-state index contributed by atoms with van der Waals surface area (Å²) < 4.78 is 6.71. The Morgan fingerprint density at radius 3 is 2.95 bits per heavy atom. The van der Waals surface area contributed by atoms with Crippen molar-refractivity contribution >= 4 is 21.8 Å². The molecule has 0 saturated carbocycles. The second-order valence-electron chi connectivity index (χ2n) is 5.61. The first-order valence-corrected chi connectivity index (χ1v) is 7.73. The van der Waals surface area contributed by atoms with E-state index in [0.29, 0.717) is 25.3 Å². The normalized spacial score (nSPS) is 18.2. The lowest BCUT2D eigenvalue weighted by Crippen LogP contribution is -2.61. The van der Waals surface area contributed by atoms with Gasteiger partial charge >= 0.3 is 0 Å². The number of nitrogens with zero attached hydrogens (tertiary/aromatic N) is 4. The van der Waals surface area contributed by atoms with Gasteiger partial charge in [-0.15, -0.1) is 0 Å². The minimum Gasteiger partial charge on any atom is -0.360 e. The first-order valence-electron chi connectivity index (χ1n) is 6.94. The lowest BCUT2D eigenvalue weighted by molar-refractivity contribution is -0.126. The Balaban J connectivity index is 1.55. The average Bonchev–Trinajstić information content (AvgIpc) is 2.83. The van der Waals surface area contributed by atoms with Crippen LogP contribution in [-0.4, -0.2) is 38.8 Å². The minimum atomic E-state index is -0.432. The van der Waals surface area contributed by atoms with Crippen LogP contribution < -0.4 is 0 Å². The SMILES string of the molecule is Cc1ncc2c(n1)COC21CN(C(=O)c2cncc(Br)c2)C1. The fourth-order valence-electron chi connectivity index (χ4n) is 2.98. The summed E-state index contributed by atoms with van der Waals surface area (Å²) in [6, 6.07) is 1.77. The molecule has 0 bridgehead atoms. The molecule has 0 atom stereocenters. The van der Waals surface area contributed by atoms with Crippen molar-refractivity contribution in [3.05, 3.63) is 51.8 Å². The number of aryl methyl sites for hydroxylation is 1. The minimum absolute atomic E-state index is 0.0375. The fourth-order valence-corrected chi connectivity index (χ4v) is 3.34. The van der Waals surface area contributed by atoms with Crippen LogP contribution >= 0.6 is 15.9 Å². The predicted octanol–water partition coefficient (Wildman–Crippen LogP) is 1.82. The Morgan fingerprint density at radius 2 is 2.18 bits per heavy atom. The Bertz CT molecular complexity index is 774. The van der Waals surface area contributed by atoms with Gasteiger partial charge in [-0.2, -0.15) is 0 Å². The molecule has 2 aliphatic heterocycles. The zero-order valence-corrected chi connectivity index (χ0v) is 13.5. The largest absolute Gasteiger partial charge is 0.360 e. The summed E-state index contributed by atoms with van der Waals surface area (Å²) in [5, 5.41) is 0. The van der Waals surface area contributed by atoms with Gasteiger partial charge in [-0.1, -0.05) is 0 Å². The van der Waals surface area contributed by atoms with Crippen molar-refractivity contribution in [2.45, 2.75) is 19.1 Å². The van der Waals surface area contributed by atoms with Crippen LogP contribution in [0.15, 0.2) is 29.1 Å². The second-order valence-corrected chi connectivity index (χ2v) is 6.53. The van der Waals surface area contributed by atoms with Crippen molar-refractivity contribution in [3.8, 4) is 0 Å². The number of carbonyl (C=O) groups is 1. The zero-order chi connectivity index (χ0) is 15.3. The van der Waals surface area contributed by atoms with Crippen LogP contribution in [-0.2, 0) is 16.9 Å². The molecule has 4 heterocycles. The van der Waals surface area contributed by atoms with Crippen LogP contribution in [0, 0.1) is 6.92 Å². The quantitative estimate of drug-likeness (QED) is 0.775. The first-order chi connectivity index (χ1) is 10.6. The highest BCUT2D eigenvalue weighted by Crippen LogP contribution is 2.42. The Morgan fingerprint density at radius 1 is 1.36 bits per heavy atom. The summed E-state index contributed by atoms with van der Waals surface area (Å²) in [6.45, 7) is 3.40. The molecule has 2 aliphatic rings. The molecule has 4 rings (SSSR count). The van der Waals surface area contributed by atoms with Crippen molar-refractivity contribution in [3.63, 3.8) is 0 Å². The maximum atomic E-state index is 12.5. The van der Waals surface area contributed by atoms with Gasteiger partial charge in [0.25, 0.3) is 5.91 Å². The number of likely N-dealkylation sites (tertiary alicyclic amines) is 1. The number of aromatic nitrogens is 3. The maximum absolute atomic E-state index is 12.5. The summed E-state index contributed by atoms with van der Waals surface area (Å²) in [7, 11) is 0. The standard InChI is InChI=1S/C15H13BrN4O2/c1-9-18-5-12-13(19-9)6-22-15(12)7-20(8-15)14(21)10-2-11(16)4-17-3-10/h2-5H,6-8H2,1H3. The number of carbonyl (C=O) groups excluding carboxylic acids is 1. The Hall–Kier alpha value is -1.86. The Labute approximate surface area is 135 Å². The van der Waals surface area contributed by atoms with E-state index >= 15 is 0 Å². The van der Waals surface area contributed by atoms with Crippen LogP contribution in [0.1, 0.15) is 27.4 Å². The van der Waals surface area contributed by atoms with Crippen LogP contribution in [0.5, 0.6) is 0 Å². The highest BCUT2D eigenvalue weighted by molar-refractivity contribution is 9.10. The zero-order valence-electron chi connectivity index (χ0n) is 11.9. The number of amides is 1. The number of rotatable bonds is 1. The van der Waals surface area contributed by atoms with E-state index in [0.717, 1.165) is 21.6 Å². The molecular formula is C15H13BrN4O2. The Kier molecular flexibility index (Phi) is 3.02. The van der Waals surface area contributed by atoms with Crippen LogP contribution in [0.2, 0.25) is 0 Å². The molecule has 1 amide bonds. The van der Waals surface area contributed by atoms with Crippen molar-refractivity contribution in [1.82, 2.24) is 19.9 Å². The molecule has 1 fully saturated rings. The van der Waals surface area contributed by atoms with Gasteiger partial charge in [0.2, 0.25) is 0 Å². The number of ether oxygens (including phenoxy) is 1. The maximum Gasteiger partial charge on any atom is 0.255 e. The molecule has 1 saturated heterocycles. The van der Waals surface area contributed by atoms with Crippen molar-refractivity contribution in [2.75, 3.05) is 13.1 Å². The molecule has 2 aromatic rings. The van der Waals surface area contributed by atoms with Gasteiger partial charge in [0.15, 0.2) is 0 Å². The van der Waals surface area contributed by atoms with E-state index in [1.165, 1.54) is 0 Å². The molecule has 112 valence electrons. The third-order valence-electron chi connectivity index (χ3n) is 4.10. The molecule has 2 aromatic heterocycles. The van der Waals surface area contributed by atoms with Gasteiger partial charge < -0.3 is 9.64 Å². The molecule has 0 radical (unpaired) electrons. The highest BCUT2D eigenvalue weighted by atomic mass is 79.9. The molecule has 1 spiro atoms. The topological polar surface area (TPSA) is 68.2 Å². The number of hydrogen-bond acceptors (Lipinski definition) is 5. The van der Waals surface area contributed by atoms with E-state index in [1.807, 2.05) is 13.1 Å². The van der Waals surface area contributed by atoms with Crippen LogP contribution in [0.4, 0.5) is 0 Å². The molecule has 0 unspecified atom stereocenters. The fraction of sp³-hybridized carbons (Fsp3) is 0.333. The van der Waals surface area contributed by atoms with E-state index < -0.39 is 5.60 Å². The lowest BCUT2D eigenvalue weighted by Gasteiger charge is -2.47. The third kappa shape index (κ3) is 2.04. The molecule has 0 N–H and O–H groups in total. The first kappa shape index (κ1) is 13.8. The molecule has 7 heteroatoms. The molecule has 0 aliphatic carbocycles. The predicted molar refractivity (Wildman–Crippen MR) is 81.1 cm³/mol. The summed E-state index contributed by atoms with van der Waals surface area (Å²) in [6.07, 6.45) is 5.06. The van der Waals surface area contributed by atoms with Crippen LogP contribution in [0.25, 0.3) is 0 Å². The summed E-state index contributed by atoms with van der Waals surface area (Å²) >= 11 is 3.33. The number of halogens is 1. The van der Waals surface area contributed by atoms with Gasteiger partial charge in [0.05, 0.1) is 31.0 Å². The highest BCUT2D eigenvalue weighted by Gasteiger charge is 2.52. The monoisotopic (exact) mass is 360 g/mol. The number of pyridine rings is 1. The summed E-state index contributed by atoms with van der Waals surface area (Å²) in [4.78, 5) is 26.9. The smallest absolute Gasteiger partial charge is 0.255 e. The van der Waals surface area contributed by atoms with E-state index in [-0.39, 0.29) is 5.91 Å². The average molecular weight is 361 g/mol. The lowest BCUT2D eigenvalue weighted by atomic mass is 9.87. The summed E-state index contributed by atoms with van der Waals surface area (Å²) in [5.74, 6) is 0.705. The number of hydrogen-bond donors (Lipinski definition) is 0. The van der Waals surface area contributed by atoms with Crippen molar-refractivity contribution < 1.29 is 9.53 Å². The van der Waals surface area contributed by atoms with E-state index in [2.05, 4.69) is 30.9 Å². The van der Waals surface area contributed by atoms with E-state index in [9.17, 15) is 4.79 Å². The molecule has 0 aromatic carbocycles. The van der Waals surface area contributed by atoms with Crippen LogP contribution in [0.3, 0.4) is 0 Å². The van der Waals surface area contributed by atoms with E-state index in [1.54, 1.807) is 23.4 Å². The second kappa shape index (κ2) is 4.82. The molecule has 6 nitrogen and oxygen atoms in total. The third-order valence-corrected chi connectivity index (χ3v) is 4.53. The van der Waals surface area contributed by atoms with Gasteiger partial charge in [0.1, 0.15) is 11.4 Å². The molecule has 22 heavy (non-hydrogen) atoms. The van der Waals surface area contributed by atoms with Crippen molar-refractivity contribution in [2.24, 2.45) is 0 Å². The summed E-state index contributed by atoms with van der Waals surface area (Å²) in [5.41, 5.74) is 2.08. The van der Waals surface area contributed by atoms with E-state index in [4.69, 9.17) is 4.74 Å². The number of fused-ring (bicyclic) bond motifs is 2. The molecular weight excluding hydrogens is 348 g/mol. The van der Waals surface area contributed by atoms with Gasteiger partial charge in [-0.25, -0.2) is 9.97 Å².